The standard InChI is InChI=1S/C21H22BrN3O2/c1-3-25(4-2)13-18(26)24-20-19(14-8-6-5-7-9-14)16-12-15(22)10-11-17(16)23-21(20)27/h5-12H,3-4,13H2,1-2H3,(H,23,27)(H,24,26)/p+1. The van der Waals surface area contributed by atoms with Crippen LogP contribution in [0, 0.1) is 0 Å². The normalized spacial score (nSPS) is 11.1. The Morgan fingerprint density at radius 3 is 2.48 bits per heavy atom. The minimum atomic E-state index is -0.299. The SMILES string of the molecule is CC[NH+](CC)CC(=O)Nc1c(-c2ccccc2)c2cc(Br)ccc2[nH]c1=O. The van der Waals surface area contributed by atoms with E-state index < -0.39 is 0 Å². The van der Waals surface area contributed by atoms with Crippen molar-refractivity contribution in [2.45, 2.75) is 13.8 Å². The Balaban J connectivity index is 2.15. The number of anilines is 1. The number of carbonyl (C=O) groups is 1. The molecule has 0 radical (unpaired) electrons. The number of hydrogen-bond donors (Lipinski definition) is 3. The molecule has 1 aromatic heterocycles. The first kappa shape index (κ1) is 19.3. The molecule has 1 amide bonds. The Morgan fingerprint density at radius 2 is 1.81 bits per heavy atom. The third-order valence-corrected chi connectivity index (χ3v) is 5.21. The number of amides is 1. The van der Waals surface area contributed by atoms with Gasteiger partial charge >= 0.3 is 0 Å². The fourth-order valence-electron chi connectivity index (χ4n) is 3.20. The van der Waals surface area contributed by atoms with Gasteiger partial charge in [0.25, 0.3) is 11.5 Å². The van der Waals surface area contributed by atoms with E-state index in [1.54, 1.807) is 0 Å². The summed E-state index contributed by atoms with van der Waals surface area (Å²) in [7, 11) is 0. The van der Waals surface area contributed by atoms with Crippen LogP contribution in [0.25, 0.3) is 22.0 Å². The quantitative estimate of drug-likeness (QED) is 0.564. The third kappa shape index (κ3) is 4.28. The summed E-state index contributed by atoms with van der Waals surface area (Å²) in [5.74, 6) is -0.161. The number of fused-ring (bicyclic) bond motifs is 1. The highest BCUT2D eigenvalue weighted by Crippen LogP contribution is 2.33. The average molecular weight is 429 g/mol. The van der Waals surface area contributed by atoms with Gasteiger partial charge in [0.2, 0.25) is 0 Å². The Hall–Kier alpha value is -2.44. The van der Waals surface area contributed by atoms with Gasteiger partial charge in [-0.1, -0.05) is 46.3 Å². The average Bonchev–Trinajstić information content (AvgIpc) is 2.67. The molecule has 0 bridgehead atoms. The van der Waals surface area contributed by atoms with E-state index in [-0.39, 0.29) is 11.5 Å². The molecule has 2 aromatic carbocycles. The van der Waals surface area contributed by atoms with Crippen molar-refractivity contribution in [1.29, 1.82) is 0 Å². The molecule has 0 fully saturated rings. The molecule has 0 spiro atoms. The highest BCUT2D eigenvalue weighted by Gasteiger charge is 2.19. The van der Waals surface area contributed by atoms with E-state index in [1.807, 2.05) is 62.4 Å². The van der Waals surface area contributed by atoms with Gasteiger partial charge < -0.3 is 15.2 Å². The minimum Gasteiger partial charge on any atom is -0.328 e. The van der Waals surface area contributed by atoms with Crippen LogP contribution >= 0.6 is 15.9 Å². The van der Waals surface area contributed by atoms with Crippen LogP contribution in [-0.4, -0.2) is 30.5 Å². The Labute approximate surface area is 166 Å². The molecule has 0 saturated carbocycles. The summed E-state index contributed by atoms with van der Waals surface area (Å²) in [6.07, 6.45) is 0. The zero-order valence-corrected chi connectivity index (χ0v) is 17.0. The van der Waals surface area contributed by atoms with E-state index in [0.29, 0.717) is 12.2 Å². The molecule has 0 aliphatic carbocycles. The molecule has 3 N–H and O–H groups in total. The van der Waals surface area contributed by atoms with Gasteiger partial charge in [-0.2, -0.15) is 0 Å². The highest BCUT2D eigenvalue weighted by atomic mass is 79.9. The van der Waals surface area contributed by atoms with Crippen molar-refractivity contribution in [3.8, 4) is 11.1 Å². The predicted molar refractivity (Wildman–Crippen MR) is 113 cm³/mol. The molecule has 0 unspecified atom stereocenters. The number of benzene rings is 2. The monoisotopic (exact) mass is 428 g/mol. The van der Waals surface area contributed by atoms with E-state index in [4.69, 9.17) is 0 Å². The fraction of sp³-hybridized carbons (Fsp3) is 0.238. The zero-order valence-electron chi connectivity index (χ0n) is 15.4. The lowest BCUT2D eigenvalue weighted by molar-refractivity contribution is -0.888. The Bertz CT molecular complexity index is 1010. The lowest BCUT2D eigenvalue weighted by atomic mass is 9.99. The number of carbonyl (C=O) groups excluding carboxylic acids is 1. The second-order valence-electron chi connectivity index (χ2n) is 6.44. The largest absolute Gasteiger partial charge is 0.328 e. The summed E-state index contributed by atoms with van der Waals surface area (Å²) in [5.41, 5.74) is 2.35. The summed E-state index contributed by atoms with van der Waals surface area (Å²) in [4.78, 5) is 29.4. The molecule has 0 aliphatic rings. The number of aromatic nitrogens is 1. The van der Waals surface area contributed by atoms with Gasteiger partial charge in [-0.15, -0.1) is 0 Å². The van der Waals surface area contributed by atoms with Crippen LogP contribution in [0.2, 0.25) is 0 Å². The predicted octanol–water partition coefficient (Wildman–Crippen LogP) is 2.82. The summed E-state index contributed by atoms with van der Waals surface area (Å²) in [6.45, 7) is 6.13. The topological polar surface area (TPSA) is 66.4 Å². The first-order valence-electron chi connectivity index (χ1n) is 9.07. The number of halogens is 1. The van der Waals surface area contributed by atoms with Crippen molar-refractivity contribution in [1.82, 2.24) is 4.98 Å². The van der Waals surface area contributed by atoms with Crippen LogP contribution < -0.4 is 15.8 Å². The second kappa shape index (κ2) is 8.50. The Kier molecular flexibility index (Phi) is 6.08. The van der Waals surface area contributed by atoms with Crippen molar-refractivity contribution in [3.63, 3.8) is 0 Å². The number of rotatable bonds is 6. The first-order valence-corrected chi connectivity index (χ1v) is 9.87. The number of aromatic amines is 1. The molecular formula is C21H23BrN3O2+. The summed E-state index contributed by atoms with van der Waals surface area (Å²) in [6, 6.07) is 15.4. The molecule has 6 heteroatoms. The molecule has 0 saturated heterocycles. The van der Waals surface area contributed by atoms with Gasteiger partial charge in [0.1, 0.15) is 5.69 Å². The molecule has 0 aliphatic heterocycles. The molecule has 3 aromatic rings. The molecular weight excluding hydrogens is 406 g/mol. The lowest BCUT2D eigenvalue weighted by Gasteiger charge is -2.17. The molecule has 3 rings (SSSR count). The van der Waals surface area contributed by atoms with Crippen molar-refractivity contribution >= 4 is 38.4 Å². The van der Waals surface area contributed by atoms with Crippen LogP contribution in [-0.2, 0) is 4.79 Å². The third-order valence-electron chi connectivity index (χ3n) is 4.71. The van der Waals surface area contributed by atoms with Gasteiger partial charge in [0, 0.05) is 20.9 Å². The molecule has 0 atom stereocenters. The van der Waals surface area contributed by atoms with E-state index in [9.17, 15) is 9.59 Å². The van der Waals surface area contributed by atoms with Gasteiger partial charge in [-0.25, -0.2) is 0 Å². The summed E-state index contributed by atoms with van der Waals surface area (Å²) >= 11 is 3.50. The van der Waals surface area contributed by atoms with Crippen molar-refractivity contribution in [3.05, 3.63) is 63.4 Å². The van der Waals surface area contributed by atoms with E-state index in [0.717, 1.165) is 44.5 Å². The maximum atomic E-state index is 12.8. The van der Waals surface area contributed by atoms with Gasteiger partial charge in [-0.3, -0.25) is 9.59 Å². The molecule has 5 nitrogen and oxygen atoms in total. The van der Waals surface area contributed by atoms with E-state index in [1.165, 1.54) is 0 Å². The molecule has 140 valence electrons. The number of quaternary nitrogens is 1. The van der Waals surface area contributed by atoms with Crippen LogP contribution in [0.1, 0.15) is 13.8 Å². The maximum absolute atomic E-state index is 12.8. The summed E-state index contributed by atoms with van der Waals surface area (Å²) in [5, 5.41) is 3.74. The maximum Gasteiger partial charge on any atom is 0.279 e. The summed E-state index contributed by atoms with van der Waals surface area (Å²) < 4.78 is 0.907. The number of hydrogen-bond acceptors (Lipinski definition) is 2. The van der Waals surface area contributed by atoms with Crippen molar-refractivity contribution in [2.24, 2.45) is 0 Å². The van der Waals surface area contributed by atoms with Gasteiger partial charge in [-0.05, 0) is 37.6 Å². The number of nitrogens with one attached hydrogen (secondary N) is 3. The van der Waals surface area contributed by atoms with Crippen LogP contribution in [0.5, 0.6) is 0 Å². The van der Waals surface area contributed by atoms with E-state index >= 15 is 0 Å². The van der Waals surface area contributed by atoms with Crippen LogP contribution in [0.4, 0.5) is 5.69 Å². The highest BCUT2D eigenvalue weighted by molar-refractivity contribution is 9.10. The first-order chi connectivity index (χ1) is 13.0. The van der Waals surface area contributed by atoms with Gasteiger partial charge in [0.05, 0.1) is 13.1 Å². The zero-order chi connectivity index (χ0) is 19.4. The Morgan fingerprint density at radius 1 is 1.11 bits per heavy atom. The smallest absolute Gasteiger partial charge is 0.279 e. The minimum absolute atomic E-state index is 0.161. The van der Waals surface area contributed by atoms with Crippen LogP contribution in [0.3, 0.4) is 0 Å². The van der Waals surface area contributed by atoms with Crippen molar-refractivity contribution < 1.29 is 9.69 Å². The number of likely N-dealkylation sites (N-methyl/N-ethyl adjacent to an activating group) is 1. The molecule has 1 heterocycles. The fourth-order valence-corrected chi connectivity index (χ4v) is 3.56. The molecule has 27 heavy (non-hydrogen) atoms. The van der Waals surface area contributed by atoms with Crippen LogP contribution in [0.15, 0.2) is 57.8 Å². The van der Waals surface area contributed by atoms with Crippen molar-refractivity contribution in [2.75, 3.05) is 25.0 Å². The van der Waals surface area contributed by atoms with E-state index in [2.05, 4.69) is 26.2 Å². The lowest BCUT2D eigenvalue weighted by Crippen LogP contribution is -3.12. The number of pyridine rings is 1. The van der Waals surface area contributed by atoms with Gasteiger partial charge in [0.15, 0.2) is 6.54 Å². The number of H-pyrrole nitrogens is 1. The second-order valence-corrected chi connectivity index (χ2v) is 7.36.